The highest BCUT2D eigenvalue weighted by molar-refractivity contribution is 6.31. The van der Waals surface area contributed by atoms with Crippen LogP contribution in [0.3, 0.4) is 0 Å². The molecule has 0 saturated heterocycles. The summed E-state index contributed by atoms with van der Waals surface area (Å²) >= 11 is 5.60. The number of benzene rings is 1. The van der Waals surface area contributed by atoms with Gasteiger partial charge < -0.3 is 11.1 Å². The van der Waals surface area contributed by atoms with Crippen molar-refractivity contribution in [2.45, 2.75) is 0 Å². The van der Waals surface area contributed by atoms with Crippen LogP contribution in [0.25, 0.3) is 0 Å². The second kappa shape index (κ2) is 5.01. The van der Waals surface area contributed by atoms with Gasteiger partial charge in [-0.05, 0) is 30.3 Å². The number of amides is 1. The number of carbonyl (C=O) groups is 1. The van der Waals surface area contributed by atoms with E-state index in [1.54, 1.807) is 12.1 Å². The van der Waals surface area contributed by atoms with Gasteiger partial charge in [0.05, 0.1) is 10.7 Å². The Labute approximate surface area is 108 Å². The lowest BCUT2D eigenvalue weighted by Gasteiger charge is -2.07. The van der Waals surface area contributed by atoms with Gasteiger partial charge in [0.25, 0.3) is 5.91 Å². The molecule has 2 aromatic rings. The molecule has 0 aliphatic heterocycles. The van der Waals surface area contributed by atoms with Crippen molar-refractivity contribution in [3.05, 3.63) is 52.9 Å². The number of nitrogens with zero attached hydrogens (tertiary/aromatic N) is 1. The zero-order valence-corrected chi connectivity index (χ0v) is 9.91. The molecule has 0 bridgehead atoms. The molecule has 92 valence electrons. The summed E-state index contributed by atoms with van der Waals surface area (Å²) in [6, 6.07) is 6.96. The predicted molar refractivity (Wildman–Crippen MR) is 68.0 cm³/mol. The van der Waals surface area contributed by atoms with Gasteiger partial charge in [0.2, 0.25) is 0 Å². The molecule has 3 N–H and O–H groups in total. The molecule has 0 spiro atoms. The van der Waals surface area contributed by atoms with Crippen LogP contribution in [-0.4, -0.2) is 10.9 Å². The van der Waals surface area contributed by atoms with E-state index in [0.717, 1.165) is 6.07 Å². The maximum atomic E-state index is 13.0. The van der Waals surface area contributed by atoms with Gasteiger partial charge >= 0.3 is 0 Å². The fourth-order valence-corrected chi connectivity index (χ4v) is 1.52. The summed E-state index contributed by atoms with van der Waals surface area (Å²) < 4.78 is 13.0. The van der Waals surface area contributed by atoms with E-state index in [9.17, 15) is 9.18 Å². The van der Waals surface area contributed by atoms with E-state index in [1.807, 2.05) is 0 Å². The predicted octanol–water partition coefficient (Wildman–Crippen LogP) is 2.71. The molecular weight excluding hydrogens is 257 g/mol. The first-order valence-electron chi connectivity index (χ1n) is 5.05. The number of hydrogen-bond donors (Lipinski definition) is 2. The van der Waals surface area contributed by atoms with E-state index < -0.39 is 11.7 Å². The lowest BCUT2D eigenvalue weighted by molar-refractivity contribution is 0.102. The number of carbonyl (C=O) groups excluding carboxylic acids is 1. The minimum Gasteiger partial charge on any atom is -0.396 e. The topological polar surface area (TPSA) is 68.0 Å². The molecule has 0 aliphatic carbocycles. The number of halogens is 2. The van der Waals surface area contributed by atoms with Crippen molar-refractivity contribution in [1.82, 2.24) is 4.98 Å². The number of nitrogens with two attached hydrogens (primary N) is 1. The molecule has 4 nitrogen and oxygen atoms in total. The van der Waals surface area contributed by atoms with Gasteiger partial charge in [-0.25, -0.2) is 9.37 Å². The van der Waals surface area contributed by atoms with Crippen molar-refractivity contribution in [3.63, 3.8) is 0 Å². The molecule has 0 aliphatic rings. The molecule has 2 rings (SSSR count). The molecule has 0 atom stereocenters. The molecule has 1 aromatic heterocycles. The smallest absolute Gasteiger partial charge is 0.256 e. The summed E-state index contributed by atoms with van der Waals surface area (Å²) in [6.07, 6.45) is 1.50. The summed E-state index contributed by atoms with van der Waals surface area (Å²) in [6.45, 7) is 0. The summed E-state index contributed by atoms with van der Waals surface area (Å²) in [5.41, 5.74) is 6.21. The van der Waals surface area contributed by atoms with Gasteiger partial charge in [0, 0.05) is 11.8 Å². The average molecular weight is 266 g/mol. The number of hydrogen-bond acceptors (Lipinski definition) is 3. The first-order valence-corrected chi connectivity index (χ1v) is 5.42. The summed E-state index contributed by atoms with van der Waals surface area (Å²) in [4.78, 5) is 15.8. The molecule has 0 fully saturated rings. The average Bonchev–Trinajstić information content (AvgIpc) is 2.35. The summed E-state index contributed by atoms with van der Waals surface area (Å²) in [5, 5.41) is 2.40. The van der Waals surface area contributed by atoms with Gasteiger partial charge in [-0.2, -0.15) is 0 Å². The number of anilines is 2. The molecular formula is C12H9ClFN3O. The normalized spacial score (nSPS) is 10.1. The first-order chi connectivity index (χ1) is 8.58. The molecule has 0 unspecified atom stereocenters. The summed E-state index contributed by atoms with van der Waals surface area (Å²) in [5.74, 6) is -0.782. The Morgan fingerprint density at radius 3 is 2.83 bits per heavy atom. The highest BCUT2D eigenvalue weighted by Crippen LogP contribution is 2.18. The van der Waals surface area contributed by atoms with Gasteiger partial charge in [-0.3, -0.25) is 4.79 Å². The lowest BCUT2D eigenvalue weighted by Crippen LogP contribution is -2.14. The quantitative estimate of drug-likeness (QED) is 0.877. The minimum absolute atomic E-state index is 0.114. The molecule has 0 saturated carbocycles. The Hall–Kier alpha value is -2.14. The zero-order chi connectivity index (χ0) is 13.1. The van der Waals surface area contributed by atoms with Crippen LogP contribution in [-0.2, 0) is 0 Å². The van der Waals surface area contributed by atoms with Gasteiger partial charge in [-0.1, -0.05) is 11.6 Å². The van der Waals surface area contributed by atoms with E-state index >= 15 is 0 Å². The van der Waals surface area contributed by atoms with E-state index in [2.05, 4.69) is 10.3 Å². The molecule has 0 radical (unpaired) electrons. The number of aromatic nitrogens is 1. The van der Waals surface area contributed by atoms with Crippen LogP contribution in [0.1, 0.15) is 10.4 Å². The van der Waals surface area contributed by atoms with Crippen molar-refractivity contribution < 1.29 is 9.18 Å². The fourth-order valence-electron chi connectivity index (χ4n) is 1.34. The molecule has 1 aromatic carbocycles. The standard InChI is InChI=1S/C12H9ClFN3O/c13-8-6-7(3-4-9(8)14)12(18)17-11-10(15)2-1-5-16-11/h1-6H,15H2,(H,16,17,18). The minimum atomic E-state index is -0.578. The third kappa shape index (κ3) is 2.57. The van der Waals surface area contributed by atoms with Crippen LogP contribution in [0.15, 0.2) is 36.5 Å². The molecule has 1 heterocycles. The van der Waals surface area contributed by atoms with Crippen LogP contribution in [0.2, 0.25) is 5.02 Å². The first kappa shape index (κ1) is 12.3. The monoisotopic (exact) mass is 265 g/mol. The largest absolute Gasteiger partial charge is 0.396 e. The van der Waals surface area contributed by atoms with E-state index in [4.69, 9.17) is 17.3 Å². The maximum absolute atomic E-state index is 13.0. The van der Waals surface area contributed by atoms with E-state index in [1.165, 1.54) is 18.3 Å². The van der Waals surface area contributed by atoms with Crippen molar-refractivity contribution in [3.8, 4) is 0 Å². The Morgan fingerprint density at radius 1 is 1.39 bits per heavy atom. The van der Waals surface area contributed by atoms with Crippen molar-refractivity contribution in [1.29, 1.82) is 0 Å². The van der Waals surface area contributed by atoms with Crippen LogP contribution < -0.4 is 11.1 Å². The Kier molecular flexibility index (Phi) is 3.43. The van der Waals surface area contributed by atoms with Crippen LogP contribution in [0.5, 0.6) is 0 Å². The van der Waals surface area contributed by atoms with E-state index in [0.29, 0.717) is 5.69 Å². The maximum Gasteiger partial charge on any atom is 0.256 e. The van der Waals surface area contributed by atoms with Crippen LogP contribution in [0.4, 0.5) is 15.9 Å². The SMILES string of the molecule is Nc1cccnc1NC(=O)c1ccc(F)c(Cl)c1. The van der Waals surface area contributed by atoms with Crippen molar-refractivity contribution in [2.75, 3.05) is 11.1 Å². The Morgan fingerprint density at radius 2 is 2.17 bits per heavy atom. The third-order valence-electron chi connectivity index (χ3n) is 2.25. The Balaban J connectivity index is 2.22. The molecule has 18 heavy (non-hydrogen) atoms. The third-order valence-corrected chi connectivity index (χ3v) is 2.54. The summed E-state index contributed by atoms with van der Waals surface area (Å²) in [7, 11) is 0. The number of pyridine rings is 1. The zero-order valence-electron chi connectivity index (χ0n) is 9.15. The van der Waals surface area contributed by atoms with E-state index in [-0.39, 0.29) is 16.4 Å². The van der Waals surface area contributed by atoms with Gasteiger partial charge in [0.1, 0.15) is 5.82 Å². The van der Waals surface area contributed by atoms with Crippen LogP contribution >= 0.6 is 11.6 Å². The van der Waals surface area contributed by atoms with Crippen LogP contribution in [0, 0.1) is 5.82 Å². The van der Waals surface area contributed by atoms with Gasteiger partial charge in [-0.15, -0.1) is 0 Å². The molecule has 6 heteroatoms. The number of rotatable bonds is 2. The fraction of sp³-hybridized carbons (Fsp3) is 0. The Bertz CT molecular complexity index is 604. The number of nitrogen functional groups attached to an aromatic ring is 1. The molecule has 1 amide bonds. The van der Waals surface area contributed by atoms with Gasteiger partial charge in [0.15, 0.2) is 5.82 Å². The highest BCUT2D eigenvalue weighted by Gasteiger charge is 2.10. The number of nitrogens with one attached hydrogen (secondary N) is 1. The lowest BCUT2D eigenvalue weighted by atomic mass is 10.2. The second-order valence-electron chi connectivity index (χ2n) is 3.52. The van der Waals surface area contributed by atoms with Crippen molar-refractivity contribution in [2.24, 2.45) is 0 Å². The van der Waals surface area contributed by atoms with Crippen molar-refractivity contribution >= 4 is 29.0 Å². The highest BCUT2D eigenvalue weighted by atomic mass is 35.5. The second-order valence-corrected chi connectivity index (χ2v) is 3.93.